The van der Waals surface area contributed by atoms with Crippen LogP contribution in [0.25, 0.3) is 0 Å². The summed E-state index contributed by atoms with van der Waals surface area (Å²) in [6.07, 6.45) is -4.34. The van der Waals surface area contributed by atoms with Crippen molar-refractivity contribution in [2.24, 2.45) is 0 Å². The fraction of sp³-hybridized carbons (Fsp3) is 0.571. The van der Waals surface area contributed by atoms with Gasteiger partial charge in [0.2, 0.25) is 0 Å². The fourth-order valence-electron chi connectivity index (χ4n) is 2.50. The number of ether oxygens (including phenoxy) is 1. The number of piperazine rings is 1. The molecule has 1 fully saturated rings. The minimum absolute atomic E-state index is 0. The van der Waals surface area contributed by atoms with Crippen LogP contribution in [0.3, 0.4) is 0 Å². The normalized spacial score (nSPS) is 17.1. The van der Waals surface area contributed by atoms with Crippen LogP contribution >= 0.6 is 24.8 Å². The molecule has 1 aromatic carbocycles. The van der Waals surface area contributed by atoms with Gasteiger partial charge in [-0.25, -0.2) is 0 Å². The number of rotatable bonds is 3. The molecule has 0 amide bonds. The quantitative estimate of drug-likeness (QED) is 0.892. The molecule has 1 heterocycles. The smallest absolute Gasteiger partial charge is 0.416 e. The van der Waals surface area contributed by atoms with Gasteiger partial charge in [-0.05, 0) is 19.1 Å². The summed E-state index contributed by atoms with van der Waals surface area (Å²) in [4.78, 5) is 2.24. The molecule has 0 aliphatic carbocycles. The first-order chi connectivity index (χ1) is 9.43. The molecular formula is C14H21Cl2F3N2O. The summed E-state index contributed by atoms with van der Waals surface area (Å²) >= 11 is 0. The Labute approximate surface area is 141 Å². The largest absolute Gasteiger partial charge is 0.496 e. The minimum atomic E-state index is -4.34. The SMILES string of the molecule is COc1cc(C(F)(F)F)ccc1[C@H](C)N1CCNCC1.Cl.Cl. The van der Waals surface area contributed by atoms with Crippen LogP contribution in [0.5, 0.6) is 5.75 Å². The van der Waals surface area contributed by atoms with Crippen LogP contribution in [0.2, 0.25) is 0 Å². The van der Waals surface area contributed by atoms with E-state index in [0.717, 1.165) is 43.9 Å². The van der Waals surface area contributed by atoms with Crippen LogP contribution in [-0.4, -0.2) is 38.2 Å². The minimum Gasteiger partial charge on any atom is -0.496 e. The van der Waals surface area contributed by atoms with Gasteiger partial charge in [0, 0.05) is 37.8 Å². The van der Waals surface area contributed by atoms with E-state index in [9.17, 15) is 13.2 Å². The molecule has 1 aromatic rings. The Balaban J connectivity index is 0.00000220. The van der Waals surface area contributed by atoms with E-state index in [4.69, 9.17) is 4.74 Å². The monoisotopic (exact) mass is 360 g/mol. The summed E-state index contributed by atoms with van der Waals surface area (Å²) in [5.41, 5.74) is 0.119. The standard InChI is InChI=1S/C14H19F3N2O.2ClH/c1-10(19-7-5-18-6-8-19)12-4-3-11(14(15,16)17)9-13(12)20-2;;/h3-4,9-10,18H,5-8H2,1-2H3;2*1H/t10-;;/m0../s1. The molecule has 3 nitrogen and oxygen atoms in total. The maximum absolute atomic E-state index is 12.7. The third-order valence-corrected chi connectivity index (χ3v) is 3.71. The average molecular weight is 361 g/mol. The Morgan fingerprint density at radius 1 is 1.18 bits per heavy atom. The summed E-state index contributed by atoms with van der Waals surface area (Å²) < 4.78 is 43.3. The molecule has 1 saturated heterocycles. The van der Waals surface area contributed by atoms with Crippen molar-refractivity contribution >= 4 is 24.8 Å². The van der Waals surface area contributed by atoms with Crippen molar-refractivity contribution in [3.63, 3.8) is 0 Å². The third kappa shape index (κ3) is 4.91. The number of hydrogen-bond acceptors (Lipinski definition) is 3. The summed E-state index contributed by atoms with van der Waals surface area (Å²) in [7, 11) is 1.41. The van der Waals surface area contributed by atoms with Gasteiger partial charge in [0.15, 0.2) is 0 Å². The zero-order valence-electron chi connectivity index (χ0n) is 12.4. The Hall–Kier alpha value is -0.690. The molecule has 0 bridgehead atoms. The second-order valence-electron chi connectivity index (χ2n) is 4.92. The molecule has 8 heteroatoms. The third-order valence-electron chi connectivity index (χ3n) is 3.71. The van der Waals surface area contributed by atoms with E-state index in [1.54, 1.807) is 0 Å². The number of halogens is 5. The lowest BCUT2D eigenvalue weighted by atomic mass is 10.0. The van der Waals surface area contributed by atoms with Crippen LogP contribution in [0, 0.1) is 0 Å². The van der Waals surface area contributed by atoms with E-state index in [-0.39, 0.29) is 30.9 Å². The Bertz CT molecular complexity index is 466. The summed E-state index contributed by atoms with van der Waals surface area (Å²) in [6, 6.07) is 3.76. The fourth-order valence-corrected chi connectivity index (χ4v) is 2.50. The topological polar surface area (TPSA) is 24.5 Å². The first-order valence-corrected chi connectivity index (χ1v) is 6.63. The van der Waals surface area contributed by atoms with Gasteiger partial charge in [-0.15, -0.1) is 24.8 Å². The predicted octanol–water partition coefficient (Wildman–Crippen LogP) is 3.52. The maximum Gasteiger partial charge on any atom is 0.416 e. The maximum atomic E-state index is 12.7. The summed E-state index contributed by atoms with van der Waals surface area (Å²) in [5, 5.41) is 3.26. The molecular weight excluding hydrogens is 340 g/mol. The highest BCUT2D eigenvalue weighted by molar-refractivity contribution is 5.85. The molecule has 0 unspecified atom stereocenters. The predicted molar refractivity (Wildman–Crippen MR) is 85.3 cm³/mol. The van der Waals surface area contributed by atoms with E-state index in [2.05, 4.69) is 10.2 Å². The number of nitrogens with zero attached hydrogens (tertiary/aromatic N) is 1. The lowest BCUT2D eigenvalue weighted by Gasteiger charge is -2.33. The Kier molecular flexibility index (Phi) is 8.54. The van der Waals surface area contributed by atoms with Crippen molar-refractivity contribution in [1.29, 1.82) is 0 Å². The lowest BCUT2D eigenvalue weighted by Crippen LogP contribution is -2.44. The number of alkyl halides is 3. The number of benzene rings is 1. The molecule has 128 valence electrons. The molecule has 0 aromatic heterocycles. The molecule has 1 atom stereocenters. The molecule has 1 aliphatic rings. The van der Waals surface area contributed by atoms with Crippen LogP contribution in [0.4, 0.5) is 13.2 Å². The van der Waals surface area contributed by atoms with Crippen molar-refractivity contribution in [3.8, 4) is 5.75 Å². The highest BCUT2D eigenvalue weighted by Crippen LogP contribution is 2.36. The molecule has 1 N–H and O–H groups in total. The van der Waals surface area contributed by atoms with E-state index < -0.39 is 11.7 Å². The van der Waals surface area contributed by atoms with E-state index in [1.165, 1.54) is 13.2 Å². The van der Waals surface area contributed by atoms with Crippen molar-refractivity contribution in [3.05, 3.63) is 29.3 Å². The van der Waals surface area contributed by atoms with Gasteiger partial charge < -0.3 is 10.1 Å². The molecule has 0 radical (unpaired) electrons. The van der Waals surface area contributed by atoms with E-state index >= 15 is 0 Å². The summed E-state index contributed by atoms with van der Waals surface area (Å²) in [5.74, 6) is 0.297. The number of hydrogen-bond donors (Lipinski definition) is 1. The Morgan fingerprint density at radius 3 is 2.27 bits per heavy atom. The highest BCUT2D eigenvalue weighted by Gasteiger charge is 2.32. The van der Waals surface area contributed by atoms with Gasteiger partial charge in [0.1, 0.15) is 5.75 Å². The van der Waals surface area contributed by atoms with Gasteiger partial charge in [0.25, 0.3) is 0 Å². The number of nitrogens with one attached hydrogen (secondary N) is 1. The lowest BCUT2D eigenvalue weighted by molar-refractivity contribution is -0.137. The van der Waals surface area contributed by atoms with Gasteiger partial charge in [0.05, 0.1) is 12.7 Å². The van der Waals surface area contributed by atoms with Crippen molar-refractivity contribution in [2.75, 3.05) is 33.3 Å². The molecule has 0 saturated carbocycles. The van der Waals surface area contributed by atoms with Crippen LogP contribution in [0.1, 0.15) is 24.1 Å². The second kappa shape index (κ2) is 8.82. The number of methoxy groups -OCH3 is 1. The molecule has 0 spiro atoms. The zero-order valence-corrected chi connectivity index (χ0v) is 14.1. The van der Waals surface area contributed by atoms with E-state index in [0.29, 0.717) is 5.75 Å². The Morgan fingerprint density at radius 2 is 1.77 bits per heavy atom. The zero-order chi connectivity index (χ0) is 14.8. The molecule has 2 rings (SSSR count). The van der Waals surface area contributed by atoms with Crippen LogP contribution in [0.15, 0.2) is 18.2 Å². The van der Waals surface area contributed by atoms with Crippen LogP contribution < -0.4 is 10.1 Å². The molecule has 22 heavy (non-hydrogen) atoms. The van der Waals surface area contributed by atoms with Gasteiger partial charge in [-0.3, -0.25) is 4.90 Å². The van der Waals surface area contributed by atoms with Crippen LogP contribution in [-0.2, 0) is 6.18 Å². The first-order valence-electron chi connectivity index (χ1n) is 6.63. The second-order valence-corrected chi connectivity index (χ2v) is 4.92. The van der Waals surface area contributed by atoms with Gasteiger partial charge >= 0.3 is 6.18 Å². The van der Waals surface area contributed by atoms with Gasteiger partial charge in [-0.1, -0.05) is 6.07 Å². The van der Waals surface area contributed by atoms with Crippen molar-refractivity contribution in [1.82, 2.24) is 10.2 Å². The van der Waals surface area contributed by atoms with Crippen molar-refractivity contribution < 1.29 is 17.9 Å². The molecule has 1 aliphatic heterocycles. The van der Waals surface area contributed by atoms with Gasteiger partial charge in [-0.2, -0.15) is 13.2 Å². The van der Waals surface area contributed by atoms with Crippen molar-refractivity contribution in [2.45, 2.75) is 19.1 Å². The summed E-state index contributed by atoms with van der Waals surface area (Å²) in [6.45, 7) is 5.55. The van der Waals surface area contributed by atoms with E-state index in [1.807, 2.05) is 6.92 Å². The first kappa shape index (κ1) is 21.3. The average Bonchev–Trinajstić information content (AvgIpc) is 2.45. The highest BCUT2D eigenvalue weighted by atomic mass is 35.5.